The number of nitrogens with zero attached hydrogens (tertiary/aromatic N) is 3. The minimum absolute atomic E-state index is 0.0843. The number of imidazole rings is 1. The summed E-state index contributed by atoms with van der Waals surface area (Å²) in [6.07, 6.45) is -0.0843. The van der Waals surface area contributed by atoms with Gasteiger partial charge in [0.25, 0.3) is 0 Å². The van der Waals surface area contributed by atoms with Gasteiger partial charge in [-0.2, -0.15) is 0 Å². The van der Waals surface area contributed by atoms with Crippen LogP contribution in [0.5, 0.6) is 0 Å². The zero-order valence-corrected chi connectivity index (χ0v) is 19.1. The van der Waals surface area contributed by atoms with Crippen molar-refractivity contribution in [2.75, 3.05) is 19.0 Å². The van der Waals surface area contributed by atoms with Gasteiger partial charge in [0, 0.05) is 25.3 Å². The van der Waals surface area contributed by atoms with Crippen molar-refractivity contribution in [3.63, 3.8) is 0 Å². The number of para-hydroxylation sites is 1. The van der Waals surface area contributed by atoms with Crippen LogP contribution in [-0.4, -0.2) is 41.0 Å². The third-order valence-electron chi connectivity index (χ3n) is 4.44. The van der Waals surface area contributed by atoms with Crippen LogP contribution in [-0.2, 0) is 11.2 Å². The second-order valence-corrected chi connectivity index (χ2v) is 8.76. The number of carbonyl (C=O) groups is 2. The average molecular weight is 440 g/mol. The van der Waals surface area contributed by atoms with E-state index in [1.165, 1.54) is 0 Å². The van der Waals surface area contributed by atoms with Gasteiger partial charge in [0.2, 0.25) is 5.95 Å². The summed E-state index contributed by atoms with van der Waals surface area (Å²) in [5.74, 6) is -0.244. The Morgan fingerprint density at radius 2 is 1.65 bits per heavy atom. The quantitative estimate of drug-likeness (QED) is 0.400. The molecule has 3 aromatic rings. The molecule has 7 heteroatoms. The number of anilines is 1. The number of Topliss-reactive ketones (excluding diaryl/α,β-unsaturated/α-hetero) is 1. The van der Waals surface area contributed by atoms with Crippen molar-refractivity contribution < 1.29 is 14.3 Å². The summed E-state index contributed by atoms with van der Waals surface area (Å²) >= 11 is 6.21. The lowest BCUT2D eigenvalue weighted by molar-refractivity contribution is 0.00595. The van der Waals surface area contributed by atoms with Crippen molar-refractivity contribution >= 4 is 29.3 Å². The molecule has 1 heterocycles. The fourth-order valence-corrected chi connectivity index (χ4v) is 3.41. The first-order valence-electron chi connectivity index (χ1n) is 9.94. The number of hydrogen-bond donors (Lipinski definition) is 0. The van der Waals surface area contributed by atoms with E-state index in [2.05, 4.69) is 4.98 Å². The van der Waals surface area contributed by atoms with Gasteiger partial charge in [-0.05, 0) is 45.0 Å². The molecule has 0 fully saturated rings. The molecule has 0 unspecified atom stereocenters. The molecule has 3 rings (SSSR count). The lowest BCUT2D eigenvalue weighted by Gasteiger charge is -2.21. The van der Waals surface area contributed by atoms with Crippen molar-refractivity contribution in [3.8, 4) is 5.69 Å². The van der Waals surface area contributed by atoms with Crippen LogP contribution < -0.4 is 4.90 Å². The topological polar surface area (TPSA) is 64.4 Å². The molecule has 1 aromatic heterocycles. The molecule has 0 aliphatic carbocycles. The van der Waals surface area contributed by atoms with Crippen molar-refractivity contribution in [1.82, 2.24) is 9.55 Å². The van der Waals surface area contributed by atoms with E-state index in [9.17, 15) is 9.59 Å². The third-order valence-corrected chi connectivity index (χ3v) is 4.77. The number of carbonyl (C=O) groups excluding carboxylic acids is 2. The fourth-order valence-electron chi connectivity index (χ4n) is 3.17. The number of benzene rings is 2. The highest BCUT2D eigenvalue weighted by Gasteiger charge is 2.30. The molecular weight excluding hydrogens is 414 g/mol. The monoisotopic (exact) mass is 439 g/mol. The maximum Gasteiger partial charge on any atom is 0.357 e. The molecular formula is C24H26ClN3O3. The minimum atomic E-state index is -0.703. The fraction of sp³-hybridized carbons (Fsp3) is 0.292. The van der Waals surface area contributed by atoms with Crippen LogP contribution in [0.4, 0.5) is 5.95 Å². The van der Waals surface area contributed by atoms with Gasteiger partial charge >= 0.3 is 5.97 Å². The van der Waals surface area contributed by atoms with Gasteiger partial charge in [-0.15, -0.1) is 0 Å². The molecule has 0 atom stereocenters. The van der Waals surface area contributed by atoms with Gasteiger partial charge in [0.05, 0.1) is 17.1 Å². The van der Waals surface area contributed by atoms with Crippen LogP contribution in [0, 0.1) is 0 Å². The van der Waals surface area contributed by atoms with E-state index < -0.39 is 11.6 Å². The van der Waals surface area contributed by atoms with Gasteiger partial charge < -0.3 is 9.64 Å². The molecule has 0 N–H and O–H groups in total. The van der Waals surface area contributed by atoms with E-state index in [0.717, 1.165) is 5.69 Å². The number of halogens is 1. The second-order valence-electron chi connectivity index (χ2n) is 8.35. The predicted octanol–water partition coefficient (Wildman–Crippen LogP) is 4.97. The highest BCUT2D eigenvalue weighted by molar-refractivity contribution is 6.34. The predicted molar refractivity (Wildman–Crippen MR) is 123 cm³/mol. The van der Waals surface area contributed by atoms with Crippen LogP contribution in [0.15, 0.2) is 54.6 Å². The van der Waals surface area contributed by atoms with E-state index in [4.69, 9.17) is 16.3 Å². The number of esters is 1. The molecule has 0 aliphatic rings. The minimum Gasteiger partial charge on any atom is -0.455 e. The Bertz CT molecular complexity index is 1100. The molecule has 0 saturated carbocycles. The highest BCUT2D eigenvalue weighted by Crippen LogP contribution is 2.28. The summed E-state index contributed by atoms with van der Waals surface area (Å²) in [6.45, 7) is 5.40. The van der Waals surface area contributed by atoms with Crippen LogP contribution >= 0.6 is 11.6 Å². The van der Waals surface area contributed by atoms with Crippen molar-refractivity contribution in [3.05, 3.63) is 76.6 Å². The Hall–Kier alpha value is -3.12. The Kier molecular flexibility index (Phi) is 6.51. The van der Waals surface area contributed by atoms with Gasteiger partial charge in [-0.3, -0.25) is 9.36 Å². The first kappa shape index (κ1) is 22.6. The van der Waals surface area contributed by atoms with E-state index in [1.54, 1.807) is 54.5 Å². The van der Waals surface area contributed by atoms with Gasteiger partial charge in [0.1, 0.15) is 5.60 Å². The Morgan fingerprint density at radius 1 is 1.03 bits per heavy atom. The maximum atomic E-state index is 13.3. The molecule has 2 aromatic carbocycles. The second kappa shape index (κ2) is 8.94. The summed E-state index contributed by atoms with van der Waals surface area (Å²) in [7, 11) is 3.67. The normalized spacial score (nSPS) is 11.3. The summed E-state index contributed by atoms with van der Waals surface area (Å²) in [4.78, 5) is 32.7. The summed E-state index contributed by atoms with van der Waals surface area (Å²) in [5.41, 5.74) is 0.999. The van der Waals surface area contributed by atoms with E-state index in [0.29, 0.717) is 22.2 Å². The number of ketones is 1. The lowest BCUT2D eigenvalue weighted by atomic mass is 10.1. The van der Waals surface area contributed by atoms with Crippen LogP contribution in [0.25, 0.3) is 5.69 Å². The zero-order chi connectivity index (χ0) is 22.8. The van der Waals surface area contributed by atoms with E-state index in [-0.39, 0.29) is 17.9 Å². The number of hydrogen-bond acceptors (Lipinski definition) is 5. The number of rotatable bonds is 6. The average Bonchev–Trinajstić information content (AvgIpc) is 3.07. The van der Waals surface area contributed by atoms with Crippen LogP contribution in [0.3, 0.4) is 0 Å². The largest absolute Gasteiger partial charge is 0.455 e. The van der Waals surface area contributed by atoms with Gasteiger partial charge in [-0.25, -0.2) is 9.78 Å². The SMILES string of the molecule is CN(C)c1nc(CC(=O)c2ccccc2Cl)c(C(=O)OC(C)(C)C)n1-c1ccccc1. The molecule has 0 radical (unpaired) electrons. The number of aromatic nitrogens is 2. The highest BCUT2D eigenvalue weighted by atomic mass is 35.5. The standard InChI is InChI=1S/C24H26ClN3O3/c1-24(2,3)31-22(30)21-19(15-20(29)17-13-9-10-14-18(17)25)26-23(27(4)5)28(21)16-11-7-6-8-12-16/h6-14H,15H2,1-5H3. The molecule has 0 saturated heterocycles. The molecule has 31 heavy (non-hydrogen) atoms. The first-order chi connectivity index (χ1) is 14.6. The Balaban J connectivity index is 2.17. The third kappa shape index (κ3) is 5.14. The van der Waals surface area contributed by atoms with Crippen molar-refractivity contribution in [2.45, 2.75) is 32.8 Å². The molecule has 0 amide bonds. The van der Waals surface area contributed by atoms with E-state index in [1.807, 2.05) is 44.4 Å². The van der Waals surface area contributed by atoms with Crippen molar-refractivity contribution in [1.29, 1.82) is 0 Å². The molecule has 162 valence electrons. The summed E-state index contributed by atoms with van der Waals surface area (Å²) < 4.78 is 7.40. The maximum absolute atomic E-state index is 13.3. The van der Waals surface area contributed by atoms with Crippen molar-refractivity contribution in [2.24, 2.45) is 0 Å². The first-order valence-corrected chi connectivity index (χ1v) is 10.3. The van der Waals surface area contributed by atoms with Gasteiger partial charge in [-0.1, -0.05) is 41.9 Å². The van der Waals surface area contributed by atoms with Crippen LogP contribution in [0.2, 0.25) is 5.02 Å². The summed E-state index contributed by atoms with van der Waals surface area (Å²) in [6, 6.07) is 16.2. The molecule has 6 nitrogen and oxygen atoms in total. The van der Waals surface area contributed by atoms with E-state index >= 15 is 0 Å². The Labute approximate surface area is 187 Å². The molecule has 0 aliphatic heterocycles. The lowest BCUT2D eigenvalue weighted by Crippen LogP contribution is -2.27. The van der Waals surface area contributed by atoms with Crippen LogP contribution in [0.1, 0.15) is 47.3 Å². The molecule has 0 bridgehead atoms. The number of ether oxygens (including phenoxy) is 1. The molecule has 0 spiro atoms. The Morgan fingerprint density at radius 3 is 2.23 bits per heavy atom. The smallest absolute Gasteiger partial charge is 0.357 e. The van der Waals surface area contributed by atoms with Gasteiger partial charge in [0.15, 0.2) is 11.5 Å². The zero-order valence-electron chi connectivity index (χ0n) is 18.3. The summed E-state index contributed by atoms with van der Waals surface area (Å²) in [5, 5.41) is 0.363.